The molecule has 0 aliphatic heterocycles. The van der Waals surface area contributed by atoms with Crippen LogP contribution in [0.2, 0.25) is 0 Å². The summed E-state index contributed by atoms with van der Waals surface area (Å²) in [5.41, 5.74) is 1.57. The van der Waals surface area contributed by atoms with Gasteiger partial charge < -0.3 is 9.52 Å². The first kappa shape index (κ1) is 9.58. The van der Waals surface area contributed by atoms with Gasteiger partial charge in [0.1, 0.15) is 11.5 Å². The van der Waals surface area contributed by atoms with E-state index in [-0.39, 0.29) is 0 Å². The molecular formula is C10H12O3. The van der Waals surface area contributed by atoms with Crippen molar-refractivity contribution >= 4 is 11.5 Å². The van der Waals surface area contributed by atoms with Gasteiger partial charge in [-0.25, -0.2) is 4.79 Å². The SMILES string of the molecule is C/C(=C\C(=O)O)c1cc(C)oc1C. The van der Waals surface area contributed by atoms with Crippen LogP contribution < -0.4 is 0 Å². The van der Waals surface area contributed by atoms with Crippen LogP contribution in [0.5, 0.6) is 0 Å². The topological polar surface area (TPSA) is 50.4 Å². The molecule has 0 amide bonds. The fourth-order valence-corrected chi connectivity index (χ4v) is 1.29. The van der Waals surface area contributed by atoms with Gasteiger partial charge in [0.25, 0.3) is 0 Å². The largest absolute Gasteiger partial charge is 0.478 e. The summed E-state index contributed by atoms with van der Waals surface area (Å²) in [6, 6.07) is 1.84. The van der Waals surface area contributed by atoms with Crippen LogP contribution in [0.25, 0.3) is 5.57 Å². The first-order valence-electron chi connectivity index (χ1n) is 3.99. The molecule has 0 saturated carbocycles. The fourth-order valence-electron chi connectivity index (χ4n) is 1.29. The predicted octanol–water partition coefficient (Wildman–Crippen LogP) is 2.38. The van der Waals surface area contributed by atoms with Gasteiger partial charge in [-0.2, -0.15) is 0 Å². The Morgan fingerprint density at radius 1 is 1.54 bits per heavy atom. The molecule has 1 aromatic heterocycles. The van der Waals surface area contributed by atoms with Gasteiger partial charge in [0, 0.05) is 11.6 Å². The van der Waals surface area contributed by atoms with Crippen LogP contribution in [-0.4, -0.2) is 11.1 Å². The highest BCUT2D eigenvalue weighted by Crippen LogP contribution is 2.21. The average Bonchev–Trinajstić information content (AvgIpc) is 2.28. The normalized spacial score (nSPS) is 11.8. The Morgan fingerprint density at radius 2 is 2.15 bits per heavy atom. The minimum absolute atomic E-state index is 0.710. The molecule has 0 saturated heterocycles. The minimum atomic E-state index is -0.934. The molecule has 1 heterocycles. The number of carboxylic acid groups (broad SMARTS) is 1. The van der Waals surface area contributed by atoms with Crippen molar-refractivity contribution in [1.82, 2.24) is 0 Å². The molecule has 1 rings (SSSR count). The van der Waals surface area contributed by atoms with Gasteiger partial charge in [0.2, 0.25) is 0 Å². The van der Waals surface area contributed by atoms with E-state index in [2.05, 4.69) is 0 Å². The van der Waals surface area contributed by atoms with E-state index in [0.29, 0.717) is 5.57 Å². The summed E-state index contributed by atoms with van der Waals surface area (Å²) in [5.74, 6) is 0.619. The Labute approximate surface area is 76.7 Å². The first-order valence-corrected chi connectivity index (χ1v) is 3.99. The van der Waals surface area contributed by atoms with E-state index >= 15 is 0 Å². The van der Waals surface area contributed by atoms with E-state index in [1.165, 1.54) is 6.08 Å². The van der Waals surface area contributed by atoms with Crippen LogP contribution in [0.3, 0.4) is 0 Å². The summed E-state index contributed by atoms with van der Waals surface area (Å²) in [7, 11) is 0. The number of furan rings is 1. The summed E-state index contributed by atoms with van der Waals surface area (Å²) in [6.45, 7) is 5.41. The van der Waals surface area contributed by atoms with Crippen LogP contribution in [0, 0.1) is 13.8 Å². The van der Waals surface area contributed by atoms with Crippen LogP contribution in [0.15, 0.2) is 16.6 Å². The van der Waals surface area contributed by atoms with E-state index in [9.17, 15) is 4.79 Å². The van der Waals surface area contributed by atoms with E-state index < -0.39 is 5.97 Å². The van der Waals surface area contributed by atoms with Gasteiger partial charge in [-0.1, -0.05) is 0 Å². The molecule has 0 aliphatic rings. The summed E-state index contributed by atoms with van der Waals surface area (Å²) in [6.07, 6.45) is 1.18. The molecule has 70 valence electrons. The molecule has 0 unspecified atom stereocenters. The maximum Gasteiger partial charge on any atom is 0.328 e. The molecular weight excluding hydrogens is 168 g/mol. The van der Waals surface area contributed by atoms with Gasteiger partial charge in [-0.05, 0) is 32.4 Å². The van der Waals surface area contributed by atoms with Crippen molar-refractivity contribution in [3.63, 3.8) is 0 Å². The van der Waals surface area contributed by atoms with Crippen LogP contribution in [-0.2, 0) is 4.79 Å². The van der Waals surface area contributed by atoms with Crippen molar-refractivity contribution in [2.75, 3.05) is 0 Å². The second-order valence-electron chi connectivity index (χ2n) is 2.99. The molecule has 3 heteroatoms. The Hall–Kier alpha value is -1.51. The first-order chi connectivity index (χ1) is 6.00. The van der Waals surface area contributed by atoms with Gasteiger partial charge in [-0.15, -0.1) is 0 Å². The third-order valence-corrected chi connectivity index (χ3v) is 1.81. The molecule has 0 radical (unpaired) electrons. The summed E-state index contributed by atoms with van der Waals surface area (Å²) >= 11 is 0. The molecule has 3 nitrogen and oxygen atoms in total. The fraction of sp³-hybridized carbons (Fsp3) is 0.300. The van der Waals surface area contributed by atoms with Crippen molar-refractivity contribution in [3.8, 4) is 0 Å². The lowest BCUT2D eigenvalue weighted by atomic mass is 10.1. The number of rotatable bonds is 2. The zero-order valence-corrected chi connectivity index (χ0v) is 7.92. The zero-order chi connectivity index (χ0) is 10.0. The van der Waals surface area contributed by atoms with Crippen LogP contribution in [0.1, 0.15) is 24.0 Å². The highest BCUT2D eigenvalue weighted by atomic mass is 16.4. The molecule has 0 spiro atoms. The molecule has 0 aromatic carbocycles. The second kappa shape index (κ2) is 3.47. The van der Waals surface area contributed by atoms with E-state index in [1.54, 1.807) is 6.92 Å². The Bertz CT molecular complexity index is 358. The molecule has 0 fully saturated rings. The number of allylic oxidation sites excluding steroid dienone is 1. The molecule has 13 heavy (non-hydrogen) atoms. The summed E-state index contributed by atoms with van der Waals surface area (Å²) < 4.78 is 5.28. The molecule has 0 atom stereocenters. The number of aliphatic carboxylic acids is 1. The molecule has 0 aliphatic carbocycles. The number of carboxylic acids is 1. The van der Waals surface area contributed by atoms with Crippen molar-refractivity contribution in [2.45, 2.75) is 20.8 Å². The van der Waals surface area contributed by atoms with E-state index in [1.807, 2.05) is 19.9 Å². The van der Waals surface area contributed by atoms with Gasteiger partial charge in [0.05, 0.1) is 0 Å². The average molecular weight is 180 g/mol. The Morgan fingerprint density at radius 3 is 2.54 bits per heavy atom. The summed E-state index contributed by atoms with van der Waals surface area (Å²) in [5, 5.41) is 8.54. The summed E-state index contributed by atoms with van der Waals surface area (Å²) in [4.78, 5) is 10.4. The Balaban J connectivity index is 3.08. The number of hydrogen-bond acceptors (Lipinski definition) is 2. The smallest absolute Gasteiger partial charge is 0.328 e. The quantitative estimate of drug-likeness (QED) is 0.711. The third kappa shape index (κ3) is 2.21. The van der Waals surface area contributed by atoms with Crippen molar-refractivity contribution in [1.29, 1.82) is 0 Å². The lowest BCUT2D eigenvalue weighted by molar-refractivity contribution is -0.131. The standard InChI is InChI=1S/C10H12O3/c1-6(4-10(11)12)9-5-7(2)13-8(9)3/h4-5H,1-3H3,(H,11,12)/b6-4+. The van der Waals surface area contributed by atoms with E-state index in [0.717, 1.165) is 17.1 Å². The van der Waals surface area contributed by atoms with Crippen LogP contribution >= 0.6 is 0 Å². The lowest BCUT2D eigenvalue weighted by Gasteiger charge is -1.95. The maximum atomic E-state index is 10.4. The highest BCUT2D eigenvalue weighted by molar-refractivity contribution is 5.89. The van der Waals surface area contributed by atoms with Gasteiger partial charge >= 0.3 is 5.97 Å². The second-order valence-corrected chi connectivity index (χ2v) is 2.99. The highest BCUT2D eigenvalue weighted by Gasteiger charge is 2.06. The lowest BCUT2D eigenvalue weighted by Crippen LogP contribution is -1.89. The number of hydrogen-bond donors (Lipinski definition) is 1. The third-order valence-electron chi connectivity index (χ3n) is 1.81. The zero-order valence-electron chi connectivity index (χ0n) is 7.92. The van der Waals surface area contributed by atoms with Gasteiger partial charge in [0.15, 0.2) is 0 Å². The minimum Gasteiger partial charge on any atom is -0.478 e. The Kier molecular flexibility index (Phi) is 2.56. The van der Waals surface area contributed by atoms with Crippen LogP contribution in [0.4, 0.5) is 0 Å². The number of carbonyl (C=O) groups is 1. The van der Waals surface area contributed by atoms with Crippen molar-refractivity contribution in [2.24, 2.45) is 0 Å². The predicted molar refractivity (Wildman–Crippen MR) is 49.5 cm³/mol. The molecule has 1 aromatic rings. The molecule has 0 bridgehead atoms. The molecule has 1 N–H and O–H groups in total. The van der Waals surface area contributed by atoms with E-state index in [4.69, 9.17) is 9.52 Å². The van der Waals surface area contributed by atoms with Crippen molar-refractivity contribution < 1.29 is 14.3 Å². The maximum absolute atomic E-state index is 10.4. The monoisotopic (exact) mass is 180 g/mol. The van der Waals surface area contributed by atoms with Gasteiger partial charge in [-0.3, -0.25) is 0 Å². The van der Waals surface area contributed by atoms with Crippen molar-refractivity contribution in [3.05, 3.63) is 29.2 Å². The number of aryl methyl sites for hydroxylation is 2.